The standard InChI is InChI=1S/C25H20ClNO3/c1-15-11-16(2)24(21(26)12-15)27-22(28)14-30-25(29)23-19-9-5-3-7-17(19)13-18-8-4-6-10-20(18)23/h3-13H,14H2,1-2H3,(H,27,28). The van der Waals surface area contributed by atoms with E-state index in [4.69, 9.17) is 16.3 Å². The van der Waals surface area contributed by atoms with Crippen molar-refractivity contribution in [2.24, 2.45) is 0 Å². The number of halogens is 1. The predicted molar refractivity (Wildman–Crippen MR) is 121 cm³/mol. The topological polar surface area (TPSA) is 55.4 Å². The Hall–Kier alpha value is -3.37. The lowest BCUT2D eigenvalue weighted by Crippen LogP contribution is -2.21. The molecule has 30 heavy (non-hydrogen) atoms. The summed E-state index contributed by atoms with van der Waals surface area (Å²) in [5.74, 6) is -0.980. The summed E-state index contributed by atoms with van der Waals surface area (Å²) in [6.07, 6.45) is 0. The molecule has 4 aromatic carbocycles. The number of rotatable bonds is 4. The van der Waals surface area contributed by atoms with Crippen molar-refractivity contribution < 1.29 is 14.3 Å². The molecule has 0 aliphatic heterocycles. The van der Waals surface area contributed by atoms with Crippen LogP contribution in [0.15, 0.2) is 66.7 Å². The number of carbonyl (C=O) groups is 2. The van der Waals surface area contributed by atoms with Crippen LogP contribution in [0.2, 0.25) is 5.02 Å². The van der Waals surface area contributed by atoms with Crippen molar-refractivity contribution >= 4 is 50.7 Å². The van der Waals surface area contributed by atoms with Gasteiger partial charge in [-0.2, -0.15) is 0 Å². The van der Waals surface area contributed by atoms with Gasteiger partial charge in [0.1, 0.15) is 0 Å². The summed E-state index contributed by atoms with van der Waals surface area (Å²) < 4.78 is 5.39. The van der Waals surface area contributed by atoms with Crippen LogP contribution in [0, 0.1) is 13.8 Å². The van der Waals surface area contributed by atoms with Gasteiger partial charge in [-0.25, -0.2) is 4.79 Å². The maximum absolute atomic E-state index is 13.0. The molecule has 0 radical (unpaired) electrons. The van der Waals surface area contributed by atoms with Crippen molar-refractivity contribution in [1.82, 2.24) is 0 Å². The van der Waals surface area contributed by atoms with Crippen molar-refractivity contribution in [2.75, 3.05) is 11.9 Å². The van der Waals surface area contributed by atoms with Crippen molar-refractivity contribution in [3.63, 3.8) is 0 Å². The van der Waals surface area contributed by atoms with Crippen LogP contribution in [0.3, 0.4) is 0 Å². The van der Waals surface area contributed by atoms with E-state index >= 15 is 0 Å². The van der Waals surface area contributed by atoms with Crippen LogP contribution >= 0.6 is 11.6 Å². The zero-order valence-electron chi connectivity index (χ0n) is 16.7. The highest BCUT2D eigenvalue weighted by atomic mass is 35.5. The molecule has 4 aromatic rings. The average molecular weight is 418 g/mol. The lowest BCUT2D eigenvalue weighted by molar-refractivity contribution is -0.119. The Morgan fingerprint density at radius 3 is 2.10 bits per heavy atom. The Kier molecular flexibility index (Phi) is 5.42. The van der Waals surface area contributed by atoms with E-state index in [0.717, 1.165) is 32.7 Å². The molecule has 0 saturated carbocycles. The third-order valence-corrected chi connectivity index (χ3v) is 5.30. The number of aryl methyl sites for hydroxylation is 2. The summed E-state index contributed by atoms with van der Waals surface area (Å²) in [5.41, 5.74) is 2.84. The maximum Gasteiger partial charge on any atom is 0.339 e. The van der Waals surface area contributed by atoms with Gasteiger partial charge in [-0.3, -0.25) is 4.79 Å². The largest absolute Gasteiger partial charge is 0.452 e. The van der Waals surface area contributed by atoms with Gasteiger partial charge >= 0.3 is 5.97 Å². The van der Waals surface area contributed by atoms with E-state index in [1.165, 1.54) is 0 Å². The number of fused-ring (bicyclic) bond motifs is 2. The first-order valence-corrected chi connectivity index (χ1v) is 9.96. The van der Waals surface area contributed by atoms with Crippen LogP contribution in [0.5, 0.6) is 0 Å². The quantitative estimate of drug-likeness (QED) is 0.324. The van der Waals surface area contributed by atoms with Crippen molar-refractivity contribution in [3.8, 4) is 0 Å². The molecule has 0 unspecified atom stereocenters. The van der Waals surface area contributed by atoms with Gasteiger partial charge in [0.05, 0.1) is 16.3 Å². The lowest BCUT2D eigenvalue weighted by Gasteiger charge is -2.13. The van der Waals surface area contributed by atoms with Gasteiger partial charge in [-0.1, -0.05) is 66.2 Å². The molecule has 0 aliphatic rings. The van der Waals surface area contributed by atoms with Crippen LogP contribution in [0.4, 0.5) is 5.69 Å². The summed E-state index contributed by atoms with van der Waals surface area (Å²) >= 11 is 6.25. The van der Waals surface area contributed by atoms with E-state index in [0.29, 0.717) is 16.3 Å². The van der Waals surface area contributed by atoms with E-state index in [-0.39, 0.29) is 0 Å². The number of anilines is 1. The molecule has 0 heterocycles. The summed E-state index contributed by atoms with van der Waals surface area (Å²) in [6, 6.07) is 21.0. The van der Waals surface area contributed by atoms with Gasteiger partial charge in [-0.05, 0) is 58.7 Å². The Morgan fingerprint density at radius 2 is 1.50 bits per heavy atom. The number of amides is 1. The zero-order valence-corrected chi connectivity index (χ0v) is 17.4. The Morgan fingerprint density at radius 1 is 0.900 bits per heavy atom. The minimum Gasteiger partial charge on any atom is -0.452 e. The highest BCUT2D eigenvalue weighted by Crippen LogP contribution is 2.29. The predicted octanol–water partition coefficient (Wildman–Crippen LogP) is 6.06. The average Bonchev–Trinajstić information content (AvgIpc) is 2.72. The molecule has 1 amide bonds. The molecule has 0 spiro atoms. The van der Waals surface area contributed by atoms with Crippen LogP contribution in [0.25, 0.3) is 21.5 Å². The normalized spacial score (nSPS) is 10.9. The summed E-state index contributed by atoms with van der Waals surface area (Å²) in [5, 5.41) is 6.65. The number of benzene rings is 4. The Balaban J connectivity index is 1.59. The van der Waals surface area contributed by atoms with Crippen LogP contribution < -0.4 is 5.32 Å². The number of esters is 1. The molecule has 0 saturated heterocycles. The molecule has 4 rings (SSSR count). The van der Waals surface area contributed by atoms with Crippen LogP contribution in [-0.4, -0.2) is 18.5 Å². The smallest absolute Gasteiger partial charge is 0.339 e. The van der Waals surface area contributed by atoms with Gasteiger partial charge < -0.3 is 10.1 Å². The molecule has 5 heteroatoms. The van der Waals surface area contributed by atoms with E-state index in [1.807, 2.05) is 74.5 Å². The fourth-order valence-electron chi connectivity index (χ4n) is 3.69. The van der Waals surface area contributed by atoms with E-state index in [1.54, 1.807) is 6.07 Å². The minimum atomic E-state index is -0.537. The first-order chi connectivity index (χ1) is 14.4. The number of hydrogen-bond donors (Lipinski definition) is 1. The van der Waals surface area contributed by atoms with Crippen molar-refractivity contribution in [2.45, 2.75) is 13.8 Å². The zero-order chi connectivity index (χ0) is 21.3. The van der Waals surface area contributed by atoms with Crippen molar-refractivity contribution in [3.05, 3.63) is 88.4 Å². The first kappa shape index (κ1) is 19.9. The lowest BCUT2D eigenvalue weighted by atomic mass is 9.97. The molecule has 0 bridgehead atoms. The first-order valence-electron chi connectivity index (χ1n) is 9.58. The van der Waals surface area contributed by atoms with Gasteiger partial charge in [0.15, 0.2) is 6.61 Å². The summed E-state index contributed by atoms with van der Waals surface area (Å²) in [7, 11) is 0. The molecule has 4 nitrogen and oxygen atoms in total. The third kappa shape index (κ3) is 3.87. The second kappa shape index (κ2) is 8.17. The number of nitrogens with one attached hydrogen (secondary N) is 1. The summed E-state index contributed by atoms with van der Waals surface area (Å²) in [6.45, 7) is 3.39. The monoisotopic (exact) mass is 417 g/mol. The van der Waals surface area contributed by atoms with Gasteiger partial charge in [0, 0.05) is 0 Å². The number of ether oxygens (including phenoxy) is 1. The summed E-state index contributed by atoms with van der Waals surface area (Å²) in [4.78, 5) is 25.4. The highest BCUT2D eigenvalue weighted by Gasteiger charge is 2.18. The minimum absolute atomic E-state index is 0.403. The van der Waals surface area contributed by atoms with Crippen LogP contribution in [0.1, 0.15) is 21.5 Å². The fraction of sp³-hybridized carbons (Fsp3) is 0.120. The van der Waals surface area contributed by atoms with E-state index in [9.17, 15) is 9.59 Å². The molecule has 0 aromatic heterocycles. The fourth-order valence-corrected chi connectivity index (χ4v) is 4.05. The van der Waals surface area contributed by atoms with E-state index in [2.05, 4.69) is 5.32 Å². The number of hydrogen-bond acceptors (Lipinski definition) is 3. The van der Waals surface area contributed by atoms with Gasteiger partial charge in [0.25, 0.3) is 5.91 Å². The Labute approximate surface area is 179 Å². The highest BCUT2D eigenvalue weighted by molar-refractivity contribution is 6.34. The molecular weight excluding hydrogens is 398 g/mol. The molecule has 0 atom stereocenters. The number of carbonyl (C=O) groups excluding carboxylic acids is 2. The third-order valence-electron chi connectivity index (χ3n) is 5.01. The van der Waals surface area contributed by atoms with Crippen molar-refractivity contribution in [1.29, 1.82) is 0 Å². The molecule has 1 N–H and O–H groups in total. The van der Waals surface area contributed by atoms with Crippen LogP contribution in [-0.2, 0) is 9.53 Å². The Bertz CT molecular complexity index is 1220. The van der Waals surface area contributed by atoms with Gasteiger partial charge in [0.2, 0.25) is 0 Å². The second-order valence-electron chi connectivity index (χ2n) is 7.26. The SMILES string of the molecule is Cc1cc(C)c(NC(=O)COC(=O)c2c3ccccc3cc3ccccc23)c(Cl)c1. The van der Waals surface area contributed by atoms with Gasteiger partial charge in [-0.15, -0.1) is 0 Å². The molecule has 150 valence electrons. The molecular formula is C25H20ClNO3. The van der Waals surface area contributed by atoms with E-state index < -0.39 is 18.5 Å². The molecule has 0 fully saturated rings. The molecule has 0 aliphatic carbocycles. The second-order valence-corrected chi connectivity index (χ2v) is 7.66. The maximum atomic E-state index is 13.0.